The highest BCUT2D eigenvalue weighted by Crippen LogP contribution is 2.19. The maximum atomic E-state index is 12.9. The fraction of sp³-hybridized carbons (Fsp3) is 0.158. The van der Waals surface area contributed by atoms with Crippen LogP contribution in [0.5, 0.6) is 5.75 Å². The first-order valence-electron chi connectivity index (χ1n) is 7.75. The Hall–Kier alpha value is -3.15. The van der Waals surface area contributed by atoms with Gasteiger partial charge in [-0.15, -0.1) is 0 Å². The average molecular weight is 341 g/mol. The molecule has 6 heteroatoms. The number of carbonyl (C=O) groups is 1. The third-order valence-corrected chi connectivity index (χ3v) is 3.83. The van der Waals surface area contributed by atoms with E-state index in [2.05, 4.69) is 0 Å². The van der Waals surface area contributed by atoms with E-state index in [1.165, 1.54) is 16.7 Å². The van der Waals surface area contributed by atoms with Gasteiger partial charge in [0, 0.05) is 18.1 Å². The van der Waals surface area contributed by atoms with Gasteiger partial charge in [0.05, 0.1) is 6.42 Å². The summed E-state index contributed by atoms with van der Waals surface area (Å²) in [5, 5.41) is 9.95. The van der Waals surface area contributed by atoms with E-state index in [1.54, 1.807) is 42.6 Å². The van der Waals surface area contributed by atoms with Crippen molar-refractivity contribution >= 4 is 16.7 Å². The highest BCUT2D eigenvalue weighted by molar-refractivity contribution is 5.82. The van der Waals surface area contributed by atoms with Gasteiger partial charge < -0.3 is 14.4 Å². The van der Waals surface area contributed by atoms with Crippen LogP contribution in [0.1, 0.15) is 12.0 Å². The normalized spacial score (nSPS) is 10.8. The molecule has 1 heterocycles. The maximum Gasteiger partial charge on any atom is 0.305 e. The van der Waals surface area contributed by atoms with Gasteiger partial charge in [-0.25, -0.2) is 4.39 Å². The lowest BCUT2D eigenvalue weighted by molar-refractivity contribution is -0.137. The molecule has 1 N–H and O–H groups in total. The molecule has 0 spiro atoms. The van der Waals surface area contributed by atoms with Crippen LogP contribution in [-0.2, 0) is 17.9 Å². The number of ether oxygens (including phenoxy) is 1. The Bertz CT molecular complexity index is 963. The van der Waals surface area contributed by atoms with Crippen LogP contribution in [0.25, 0.3) is 10.8 Å². The topological polar surface area (TPSA) is 68.5 Å². The molecular weight excluding hydrogens is 325 g/mol. The van der Waals surface area contributed by atoms with Crippen molar-refractivity contribution in [1.29, 1.82) is 0 Å². The quantitative estimate of drug-likeness (QED) is 0.748. The summed E-state index contributed by atoms with van der Waals surface area (Å²) in [5.41, 5.74) is 0.606. The zero-order valence-electron chi connectivity index (χ0n) is 13.3. The van der Waals surface area contributed by atoms with Crippen molar-refractivity contribution in [3.63, 3.8) is 0 Å². The second kappa shape index (κ2) is 7.17. The summed E-state index contributed by atoms with van der Waals surface area (Å²) < 4.78 is 20.0. The van der Waals surface area contributed by atoms with Crippen molar-refractivity contribution in [2.24, 2.45) is 0 Å². The van der Waals surface area contributed by atoms with Crippen LogP contribution in [0, 0.1) is 5.82 Å². The minimum absolute atomic E-state index is 0.107. The summed E-state index contributed by atoms with van der Waals surface area (Å²) in [5.74, 6) is -0.648. The van der Waals surface area contributed by atoms with E-state index in [9.17, 15) is 14.0 Å². The predicted molar refractivity (Wildman–Crippen MR) is 91.2 cm³/mol. The third kappa shape index (κ3) is 4.03. The van der Waals surface area contributed by atoms with E-state index in [-0.39, 0.29) is 24.3 Å². The third-order valence-electron chi connectivity index (χ3n) is 3.83. The molecule has 0 unspecified atom stereocenters. The predicted octanol–water partition coefficient (Wildman–Crippen LogP) is 3.19. The summed E-state index contributed by atoms with van der Waals surface area (Å²) >= 11 is 0. The Morgan fingerprint density at radius 2 is 1.88 bits per heavy atom. The van der Waals surface area contributed by atoms with Crippen LogP contribution in [0.2, 0.25) is 0 Å². The van der Waals surface area contributed by atoms with E-state index in [0.29, 0.717) is 23.1 Å². The number of aliphatic carboxylic acids is 1. The standard InChI is InChI=1S/C19H16FNO4/c20-15-3-1-13(2-4-15)12-25-16-5-6-17-14(11-16)7-9-21(19(17)24)10-8-18(22)23/h1-7,9,11H,8,10,12H2,(H,22,23). The Morgan fingerprint density at radius 1 is 1.12 bits per heavy atom. The molecule has 25 heavy (non-hydrogen) atoms. The van der Waals surface area contributed by atoms with Crippen LogP contribution in [-0.4, -0.2) is 15.6 Å². The molecule has 0 aliphatic heterocycles. The number of nitrogens with zero attached hydrogens (tertiary/aromatic N) is 1. The van der Waals surface area contributed by atoms with Crippen molar-refractivity contribution in [2.75, 3.05) is 0 Å². The number of aromatic nitrogens is 1. The van der Waals surface area contributed by atoms with Crippen molar-refractivity contribution in [3.05, 3.63) is 76.5 Å². The van der Waals surface area contributed by atoms with E-state index in [4.69, 9.17) is 9.84 Å². The monoisotopic (exact) mass is 341 g/mol. The van der Waals surface area contributed by atoms with Gasteiger partial charge in [-0.2, -0.15) is 0 Å². The number of halogens is 1. The lowest BCUT2D eigenvalue weighted by Crippen LogP contribution is -2.20. The molecule has 0 radical (unpaired) electrons. The van der Waals surface area contributed by atoms with Gasteiger partial charge in [0.1, 0.15) is 18.2 Å². The summed E-state index contributed by atoms with van der Waals surface area (Å²) in [6.07, 6.45) is 1.47. The zero-order valence-corrected chi connectivity index (χ0v) is 13.3. The Balaban J connectivity index is 1.78. The molecule has 3 aromatic rings. The van der Waals surface area contributed by atoms with Crippen molar-refractivity contribution < 1.29 is 19.0 Å². The minimum atomic E-state index is -0.948. The Morgan fingerprint density at radius 3 is 2.60 bits per heavy atom. The van der Waals surface area contributed by atoms with Crippen molar-refractivity contribution in [3.8, 4) is 5.75 Å². The lowest BCUT2D eigenvalue weighted by Gasteiger charge is -2.09. The summed E-state index contributed by atoms with van der Waals surface area (Å²) in [4.78, 5) is 23.0. The minimum Gasteiger partial charge on any atom is -0.489 e. The summed E-state index contributed by atoms with van der Waals surface area (Å²) in [6, 6.07) is 12.9. The molecule has 5 nitrogen and oxygen atoms in total. The number of aryl methyl sites for hydroxylation is 1. The SMILES string of the molecule is O=C(O)CCn1ccc2cc(OCc3ccc(F)cc3)ccc2c1=O. The Kier molecular flexibility index (Phi) is 4.79. The molecule has 128 valence electrons. The molecule has 0 amide bonds. The fourth-order valence-corrected chi connectivity index (χ4v) is 2.50. The fourth-order valence-electron chi connectivity index (χ4n) is 2.50. The molecule has 2 aromatic carbocycles. The molecule has 1 aromatic heterocycles. The molecule has 0 saturated carbocycles. The smallest absolute Gasteiger partial charge is 0.305 e. The van der Waals surface area contributed by atoms with E-state index in [1.807, 2.05) is 0 Å². The molecular formula is C19H16FNO4. The Labute approximate surface area is 142 Å². The van der Waals surface area contributed by atoms with Gasteiger partial charge in [0.2, 0.25) is 0 Å². The molecule has 0 aliphatic carbocycles. The molecule has 0 saturated heterocycles. The first-order valence-corrected chi connectivity index (χ1v) is 7.75. The van der Waals surface area contributed by atoms with Gasteiger partial charge >= 0.3 is 5.97 Å². The second-order valence-corrected chi connectivity index (χ2v) is 5.62. The first-order chi connectivity index (χ1) is 12.0. The number of rotatable bonds is 6. The molecule has 0 aliphatic rings. The molecule has 0 fully saturated rings. The maximum absolute atomic E-state index is 12.9. The number of benzene rings is 2. The number of fused-ring (bicyclic) bond motifs is 1. The van der Waals surface area contributed by atoms with Gasteiger partial charge in [-0.1, -0.05) is 12.1 Å². The second-order valence-electron chi connectivity index (χ2n) is 5.62. The number of hydrogen-bond acceptors (Lipinski definition) is 3. The van der Waals surface area contributed by atoms with Gasteiger partial charge in [0.25, 0.3) is 5.56 Å². The first kappa shape index (κ1) is 16.7. The van der Waals surface area contributed by atoms with E-state index >= 15 is 0 Å². The van der Waals surface area contributed by atoms with Crippen LogP contribution >= 0.6 is 0 Å². The van der Waals surface area contributed by atoms with Gasteiger partial charge in [-0.3, -0.25) is 9.59 Å². The van der Waals surface area contributed by atoms with Gasteiger partial charge in [-0.05, 0) is 47.3 Å². The summed E-state index contributed by atoms with van der Waals surface area (Å²) in [6.45, 7) is 0.425. The number of carboxylic acid groups (broad SMARTS) is 1. The van der Waals surface area contributed by atoms with E-state index < -0.39 is 5.97 Å². The van der Waals surface area contributed by atoms with Crippen LogP contribution in [0.15, 0.2) is 59.5 Å². The highest BCUT2D eigenvalue weighted by atomic mass is 19.1. The largest absolute Gasteiger partial charge is 0.489 e. The van der Waals surface area contributed by atoms with Crippen molar-refractivity contribution in [1.82, 2.24) is 4.57 Å². The molecule has 0 atom stereocenters. The zero-order chi connectivity index (χ0) is 17.8. The highest BCUT2D eigenvalue weighted by Gasteiger charge is 2.06. The van der Waals surface area contributed by atoms with Crippen LogP contribution in [0.3, 0.4) is 0 Å². The van der Waals surface area contributed by atoms with Gasteiger partial charge in [0.15, 0.2) is 0 Å². The lowest BCUT2D eigenvalue weighted by atomic mass is 10.1. The van der Waals surface area contributed by atoms with Crippen LogP contribution < -0.4 is 10.3 Å². The molecule has 3 rings (SSSR count). The number of carboxylic acids is 1. The van der Waals surface area contributed by atoms with E-state index in [0.717, 1.165) is 5.56 Å². The van der Waals surface area contributed by atoms with Crippen molar-refractivity contribution in [2.45, 2.75) is 19.6 Å². The molecule has 0 bridgehead atoms. The number of pyridine rings is 1. The number of hydrogen-bond donors (Lipinski definition) is 1. The average Bonchev–Trinajstić information content (AvgIpc) is 2.60. The van der Waals surface area contributed by atoms with Crippen LogP contribution in [0.4, 0.5) is 4.39 Å². The summed E-state index contributed by atoms with van der Waals surface area (Å²) in [7, 11) is 0.